The molecule has 3 heteroatoms. The molecule has 0 aliphatic rings. The van der Waals surface area contributed by atoms with Crippen LogP contribution < -0.4 is 5.73 Å². The molecule has 0 aromatic rings. The van der Waals surface area contributed by atoms with Gasteiger partial charge in [-0.2, -0.15) is 0 Å². The number of nitrogens with zero attached hydrogens (tertiary/aromatic N) is 1. The van der Waals surface area contributed by atoms with Gasteiger partial charge in [0.25, 0.3) is 0 Å². The molecule has 2 N–H and O–H groups in total. The van der Waals surface area contributed by atoms with E-state index in [1.54, 1.807) is 0 Å². The Kier molecular flexibility index (Phi) is 4.16. The molecule has 62 valence electrons. The Bertz CT molecular complexity index is 91.6. The minimum Gasteiger partial charge on any atom is -0.330 e. The van der Waals surface area contributed by atoms with Gasteiger partial charge in [-0.05, 0) is 33.1 Å². The van der Waals surface area contributed by atoms with E-state index < -0.39 is 8.24 Å². The average molecular weight is 160 g/mol. The summed E-state index contributed by atoms with van der Waals surface area (Å²) >= 11 is 0. The highest BCUT2D eigenvalue weighted by atomic mass is 28.3. The van der Waals surface area contributed by atoms with E-state index in [0.717, 1.165) is 6.54 Å². The monoisotopic (exact) mass is 160 g/mol. The minimum atomic E-state index is -1.05. The zero-order chi connectivity index (χ0) is 8.20. The van der Waals surface area contributed by atoms with E-state index in [2.05, 4.69) is 31.8 Å². The average Bonchev–Trinajstić information content (AvgIpc) is 1.84. The van der Waals surface area contributed by atoms with E-state index in [1.165, 1.54) is 12.5 Å². The van der Waals surface area contributed by atoms with Crippen LogP contribution in [-0.4, -0.2) is 33.4 Å². The third-order valence-corrected chi connectivity index (χ3v) is 6.20. The van der Waals surface area contributed by atoms with Gasteiger partial charge in [0.2, 0.25) is 0 Å². The molecule has 0 aliphatic carbocycles. The molecule has 0 fully saturated rings. The maximum atomic E-state index is 5.44. The number of hydrogen-bond acceptors (Lipinski definition) is 2. The van der Waals surface area contributed by atoms with Crippen molar-refractivity contribution in [3.63, 3.8) is 0 Å². The van der Waals surface area contributed by atoms with Crippen LogP contribution in [0.25, 0.3) is 0 Å². The van der Waals surface area contributed by atoms with Crippen LogP contribution in [0, 0.1) is 0 Å². The van der Waals surface area contributed by atoms with Crippen molar-refractivity contribution in [3.05, 3.63) is 0 Å². The summed E-state index contributed by atoms with van der Waals surface area (Å²) in [5.41, 5.74) is 5.44. The highest BCUT2D eigenvalue weighted by molar-refractivity contribution is 6.74. The Morgan fingerprint density at radius 3 is 2.10 bits per heavy atom. The first-order chi connectivity index (χ1) is 4.50. The van der Waals surface area contributed by atoms with Crippen LogP contribution in [0.4, 0.5) is 0 Å². The summed E-state index contributed by atoms with van der Waals surface area (Å²) in [7, 11) is 3.29. The molecule has 0 amide bonds. The molecule has 10 heavy (non-hydrogen) atoms. The fourth-order valence-electron chi connectivity index (χ4n) is 0.758. The predicted octanol–water partition coefficient (Wildman–Crippen LogP) is 1.10. The van der Waals surface area contributed by atoms with Gasteiger partial charge in [-0.1, -0.05) is 13.1 Å². The highest BCUT2D eigenvalue weighted by Gasteiger charge is 2.22. The normalized spacial score (nSPS) is 12.6. The Morgan fingerprint density at radius 2 is 1.80 bits per heavy atom. The fourth-order valence-corrected chi connectivity index (χ4v) is 2.27. The first-order valence-corrected chi connectivity index (χ1v) is 7.03. The molecule has 0 aromatic heterocycles. The van der Waals surface area contributed by atoms with E-state index in [-0.39, 0.29) is 0 Å². The summed E-state index contributed by atoms with van der Waals surface area (Å²) in [6, 6.07) is 1.32. The third-order valence-electron chi connectivity index (χ3n) is 2.20. The van der Waals surface area contributed by atoms with Gasteiger partial charge >= 0.3 is 0 Å². The van der Waals surface area contributed by atoms with Gasteiger partial charge in [0.05, 0.1) is 0 Å². The summed E-state index contributed by atoms with van der Waals surface area (Å²) in [5.74, 6) is 0. The maximum absolute atomic E-state index is 5.44. The lowest BCUT2D eigenvalue weighted by Gasteiger charge is -2.29. The second-order valence-corrected chi connectivity index (χ2v) is 8.62. The van der Waals surface area contributed by atoms with Gasteiger partial charge in [-0.3, -0.25) is 0 Å². The molecular weight excluding hydrogens is 140 g/mol. The van der Waals surface area contributed by atoms with E-state index in [4.69, 9.17) is 5.73 Å². The van der Waals surface area contributed by atoms with Gasteiger partial charge in [0.15, 0.2) is 0 Å². The molecular formula is C7H20N2Si. The Labute approximate surface area is 65.5 Å². The summed E-state index contributed by atoms with van der Waals surface area (Å²) in [5, 5.41) is 0. The van der Waals surface area contributed by atoms with E-state index >= 15 is 0 Å². The number of rotatable bonds is 4. The summed E-state index contributed by atoms with van der Waals surface area (Å²) < 4.78 is 2.38. The van der Waals surface area contributed by atoms with Gasteiger partial charge in [-0.25, -0.2) is 0 Å². The Balaban J connectivity index is 3.63. The molecule has 0 saturated carbocycles. The maximum Gasteiger partial charge on any atom is 0.121 e. The van der Waals surface area contributed by atoms with E-state index in [9.17, 15) is 0 Å². The zero-order valence-corrected chi connectivity index (χ0v) is 8.65. The van der Waals surface area contributed by atoms with Crippen molar-refractivity contribution in [1.82, 2.24) is 4.57 Å². The summed E-state index contributed by atoms with van der Waals surface area (Å²) in [6.07, 6.45) is 1.18. The molecule has 0 aliphatic heterocycles. The SMILES string of the molecule is CN(C)[Si](C)(C)CCCN. The standard InChI is InChI=1S/C7H20N2Si/c1-9(2)10(3,4)7-5-6-8/h5-8H2,1-4H3. The molecule has 2 nitrogen and oxygen atoms in total. The second-order valence-electron chi connectivity index (χ2n) is 3.60. The van der Waals surface area contributed by atoms with Crippen molar-refractivity contribution in [2.24, 2.45) is 5.73 Å². The number of nitrogens with two attached hydrogens (primary N) is 1. The van der Waals surface area contributed by atoms with Crippen LogP contribution in [0.3, 0.4) is 0 Å². The molecule has 0 saturated heterocycles. The quantitative estimate of drug-likeness (QED) is 0.624. The molecule has 0 radical (unpaired) electrons. The molecule has 0 atom stereocenters. The Morgan fingerprint density at radius 1 is 1.30 bits per heavy atom. The van der Waals surface area contributed by atoms with Crippen molar-refractivity contribution in [3.8, 4) is 0 Å². The van der Waals surface area contributed by atoms with Crippen LogP contribution in [0.1, 0.15) is 6.42 Å². The van der Waals surface area contributed by atoms with Crippen LogP contribution in [0.2, 0.25) is 19.1 Å². The summed E-state index contributed by atoms with van der Waals surface area (Å²) in [4.78, 5) is 0. The van der Waals surface area contributed by atoms with Crippen molar-refractivity contribution >= 4 is 8.24 Å². The van der Waals surface area contributed by atoms with Crippen LogP contribution >= 0.6 is 0 Å². The van der Waals surface area contributed by atoms with Crippen molar-refractivity contribution < 1.29 is 0 Å². The topological polar surface area (TPSA) is 29.3 Å². The van der Waals surface area contributed by atoms with Gasteiger partial charge in [0.1, 0.15) is 8.24 Å². The molecule has 0 heterocycles. The van der Waals surface area contributed by atoms with E-state index in [1.807, 2.05) is 0 Å². The van der Waals surface area contributed by atoms with Crippen LogP contribution in [0.15, 0.2) is 0 Å². The third kappa shape index (κ3) is 3.34. The lowest BCUT2D eigenvalue weighted by atomic mass is 10.5. The largest absolute Gasteiger partial charge is 0.330 e. The molecule has 0 aromatic carbocycles. The first-order valence-electron chi connectivity index (χ1n) is 3.88. The first kappa shape index (κ1) is 10.1. The van der Waals surface area contributed by atoms with Gasteiger partial charge in [-0.15, -0.1) is 0 Å². The predicted molar refractivity (Wildman–Crippen MR) is 49.6 cm³/mol. The van der Waals surface area contributed by atoms with Crippen molar-refractivity contribution in [2.45, 2.75) is 25.6 Å². The van der Waals surface area contributed by atoms with Crippen molar-refractivity contribution in [1.29, 1.82) is 0 Å². The van der Waals surface area contributed by atoms with Gasteiger partial charge in [0, 0.05) is 0 Å². The second kappa shape index (κ2) is 4.11. The summed E-state index contributed by atoms with van der Waals surface area (Å²) in [6.45, 7) is 5.59. The van der Waals surface area contributed by atoms with E-state index in [0.29, 0.717) is 0 Å². The number of hydrogen-bond donors (Lipinski definition) is 1. The smallest absolute Gasteiger partial charge is 0.121 e. The van der Waals surface area contributed by atoms with Crippen LogP contribution in [0.5, 0.6) is 0 Å². The van der Waals surface area contributed by atoms with Gasteiger partial charge < -0.3 is 10.3 Å². The molecule has 0 unspecified atom stereocenters. The molecule has 0 bridgehead atoms. The van der Waals surface area contributed by atoms with Crippen LogP contribution in [-0.2, 0) is 0 Å². The lowest BCUT2D eigenvalue weighted by molar-refractivity contribution is 0.612. The lowest BCUT2D eigenvalue weighted by Crippen LogP contribution is -2.43. The van der Waals surface area contributed by atoms with Crippen molar-refractivity contribution in [2.75, 3.05) is 20.6 Å². The highest BCUT2D eigenvalue weighted by Crippen LogP contribution is 2.12. The molecule has 0 rings (SSSR count). The molecule has 0 spiro atoms. The minimum absolute atomic E-state index is 0.838. The Hall–Kier alpha value is 0.137. The fraction of sp³-hybridized carbons (Fsp3) is 1.00. The zero-order valence-electron chi connectivity index (χ0n) is 7.65.